The molecule has 0 aromatic heterocycles. The first-order chi connectivity index (χ1) is 19.8. The SMILES string of the molecule is C=CCN(C(=O)C1N([C@@H](CO)Cc2ccccc2)C(=O)[C@@H]2[C@H](C(=O)O)[C@H]3OC12CC3Br)c1ccc2ccccc2c1. The lowest BCUT2D eigenvalue weighted by atomic mass is 9.70. The number of hydrogen-bond donors (Lipinski definition) is 2. The van der Waals surface area contributed by atoms with E-state index in [2.05, 4.69) is 22.5 Å². The van der Waals surface area contributed by atoms with Gasteiger partial charge in [0.15, 0.2) is 0 Å². The van der Waals surface area contributed by atoms with Gasteiger partial charge in [-0.05, 0) is 41.3 Å². The molecule has 9 heteroatoms. The molecule has 0 saturated carbocycles. The molecule has 7 atom stereocenters. The Morgan fingerprint density at radius 1 is 1.12 bits per heavy atom. The lowest BCUT2D eigenvalue weighted by Gasteiger charge is -2.39. The highest BCUT2D eigenvalue weighted by Gasteiger charge is 2.77. The molecule has 3 aromatic rings. The fraction of sp³-hybridized carbons (Fsp3) is 0.344. The Labute approximate surface area is 246 Å². The van der Waals surface area contributed by atoms with Gasteiger partial charge >= 0.3 is 5.97 Å². The van der Waals surface area contributed by atoms with Crippen LogP contribution in [-0.4, -0.2) is 74.7 Å². The van der Waals surface area contributed by atoms with Crippen molar-refractivity contribution in [2.24, 2.45) is 11.8 Å². The van der Waals surface area contributed by atoms with Gasteiger partial charge < -0.3 is 24.7 Å². The quantitative estimate of drug-likeness (QED) is 0.279. The Hall–Kier alpha value is -3.53. The van der Waals surface area contributed by atoms with E-state index in [1.807, 2.05) is 72.8 Å². The topological polar surface area (TPSA) is 107 Å². The molecular formula is C32H31BrN2O6. The van der Waals surface area contributed by atoms with E-state index >= 15 is 0 Å². The fourth-order valence-corrected chi connectivity index (χ4v) is 8.05. The first-order valence-electron chi connectivity index (χ1n) is 13.7. The van der Waals surface area contributed by atoms with Crippen LogP contribution in [0.1, 0.15) is 12.0 Å². The van der Waals surface area contributed by atoms with Crippen LogP contribution in [0.5, 0.6) is 0 Å². The third-order valence-corrected chi connectivity index (χ3v) is 9.63. The number of carboxylic acids is 1. The van der Waals surface area contributed by atoms with Crippen molar-refractivity contribution in [3.8, 4) is 0 Å². The van der Waals surface area contributed by atoms with Gasteiger partial charge in [0.2, 0.25) is 5.91 Å². The Morgan fingerprint density at radius 3 is 2.51 bits per heavy atom. The molecule has 3 aromatic carbocycles. The predicted molar refractivity (Wildman–Crippen MR) is 158 cm³/mol. The average molecular weight is 620 g/mol. The minimum atomic E-state index is -1.35. The zero-order valence-electron chi connectivity index (χ0n) is 22.3. The number of aliphatic carboxylic acids is 1. The molecular weight excluding hydrogens is 588 g/mol. The molecule has 0 radical (unpaired) electrons. The summed E-state index contributed by atoms with van der Waals surface area (Å²) in [4.78, 5) is 44.2. The van der Waals surface area contributed by atoms with Crippen molar-refractivity contribution in [1.29, 1.82) is 0 Å². The lowest BCUT2D eigenvalue weighted by Crippen LogP contribution is -2.59. The van der Waals surface area contributed by atoms with Crippen LogP contribution in [0.4, 0.5) is 5.69 Å². The van der Waals surface area contributed by atoms with Gasteiger partial charge in [-0.25, -0.2) is 0 Å². The summed E-state index contributed by atoms with van der Waals surface area (Å²) < 4.78 is 6.44. The normalized spacial score (nSPS) is 29.0. The summed E-state index contributed by atoms with van der Waals surface area (Å²) in [5.41, 5.74) is 0.161. The smallest absolute Gasteiger partial charge is 0.310 e. The number of rotatable bonds is 9. The van der Waals surface area contributed by atoms with E-state index in [1.54, 1.807) is 11.0 Å². The maximum Gasteiger partial charge on any atom is 0.310 e. The summed E-state index contributed by atoms with van der Waals surface area (Å²) in [6.07, 6.45) is 1.48. The molecule has 3 unspecified atom stereocenters. The van der Waals surface area contributed by atoms with E-state index in [9.17, 15) is 24.6 Å². The minimum absolute atomic E-state index is 0.169. The maximum absolute atomic E-state index is 14.8. The van der Waals surface area contributed by atoms with Gasteiger partial charge in [-0.1, -0.05) is 82.7 Å². The molecule has 6 rings (SSSR count). The average Bonchev–Trinajstić information content (AvgIpc) is 3.58. The number of ether oxygens (including phenoxy) is 1. The highest BCUT2D eigenvalue weighted by Crippen LogP contribution is 2.60. The van der Waals surface area contributed by atoms with Gasteiger partial charge in [-0.15, -0.1) is 6.58 Å². The third kappa shape index (κ3) is 4.38. The molecule has 41 heavy (non-hydrogen) atoms. The molecule has 2 amide bonds. The molecule has 3 fully saturated rings. The van der Waals surface area contributed by atoms with E-state index in [0.717, 1.165) is 16.3 Å². The van der Waals surface area contributed by atoms with Crippen molar-refractivity contribution in [2.75, 3.05) is 18.1 Å². The summed E-state index contributed by atoms with van der Waals surface area (Å²) in [5, 5.41) is 22.8. The molecule has 2 bridgehead atoms. The van der Waals surface area contributed by atoms with Crippen molar-refractivity contribution in [1.82, 2.24) is 4.90 Å². The van der Waals surface area contributed by atoms with Gasteiger partial charge in [0.1, 0.15) is 11.6 Å². The summed E-state index contributed by atoms with van der Waals surface area (Å²) in [7, 11) is 0. The Balaban J connectivity index is 1.47. The molecule has 3 aliphatic heterocycles. The first-order valence-corrected chi connectivity index (χ1v) is 14.6. The molecule has 1 spiro atoms. The first kappa shape index (κ1) is 27.6. The van der Waals surface area contributed by atoms with Crippen LogP contribution in [-0.2, 0) is 25.5 Å². The second-order valence-electron chi connectivity index (χ2n) is 11.0. The van der Waals surface area contributed by atoms with Gasteiger partial charge in [0.25, 0.3) is 5.91 Å². The van der Waals surface area contributed by atoms with Crippen molar-refractivity contribution in [3.05, 3.63) is 91.0 Å². The number of nitrogens with zero attached hydrogens (tertiary/aromatic N) is 2. The monoisotopic (exact) mass is 618 g/mol. The highest BCUT2D eigenvalue weighted by molar-refractivity contribution is 9.09. The highest BCUT2D eigenvalue weighted by atomic mass is 79.9. The number of aliphatic hydroxyl groups excluding tert-OH is 1. The van der Waals surface area contributed by atoms with E-state index in [1.165, 1.54) is 4.90 Å². The molecule has 3 heterocycles. The predicted octanol–water partition coefficient (Wildman–Crippen LogP) is 3.80. The van der Waals surface area contributed by atoms with Crippen molar-refractivity contribution in [3.63, 3.8) is 0 Å². The second-order valence-corrected chi connectivity index (χ2v) is 12.2. The standard InChI is InChI=1S/C32H31BrN2O6/c1-2-14-34(22-13-12-20-10-6-7-11-21(20)16-22)30(38)28-32-17-24(33)27(41-32)25(31(39)40)26(32)29(37)35(28)23(18-36)15-19-8-4-3-5-9-19/h2-13,16,23-28,36H,1,14-15,17-18H2,(H,39,40)/t23-,24?,25+,26+,27+,28?,32?/m1/s1. The van der Waals surface area contributed by atoms with Crippen molar-refractivity contribution < 1.29 is 29.3 Å². The van der Waals surface area contributed by atoms with Crippen molar-refractivity contribution in [2.45, 2.75) is 41.5 Å². The number of alkyl halides is 1. The van der Waals surface area contributed by atoms with Crippen LogP contribution in [0.3, 0.4) is 0 Å². The molecule has 8 nitrogen and oxygen atoms in total. The zero-order chi connectivity index (χ0) is 28.9. The van der Waals surface area contributed by atoms with Gasteiger partial charge in [0.05, 0.1) is 30.6 Å². The number of aliphatic hydroxyl groups is 1. The number of hydrogen-bond acceptors (Lipinski definition) is 5. The van der Waals surface area contributed by atoms with Crippen LogP contribution in [0.15, 0.2) is 85.5 Å². The Morgan fingerprint density at radius 2 is 1.83 bits per heavy atom. The summed E-state index contributed by atoms with van der Waals surface area (Å²) >= 11 is 3.59. The van der Waals surface area contributed by atoms with Crippen LogP contribution in [0.25, 0.3) is 10.8 Å². The molecule has 2 N–H and O–H groups in total. The number of halogens is 1. The summed E-state index contributed by atoms with van der Waals surface area (Å²) in [6, 6.07) is 21.1. The van der Waals surface area contributed by atoms with Gasteiger partial charge in [0, 0.05) is 17.1 Å². The number of carbonyl (C=O) groups excluding carboxylic acids is 2. The van der Waals surface area contributed by atoms with Crippen LogP contribution < -0.4 is 4.90 Å². The summed E-state index contributed by atoms with van der Waals surface area (Å²) in [5.74, 6) is -4.14. The molecule has 3 saturated heterocycles. The van der Waals surface area contributed by atoms with Crippen LogP contribution >= 0.6 is 15.9 Å². The molecule has 0 aliphatic carbocycles. The zero-order valence-corrected chi connectivity index (χ0v) is 23.9. The number of fused-ring (bicyclic) bond motifs is 2. The molecule has 3 aliphatic rings. The Bertz CT molecular complexity index is 1510. The number of carbonyl (C=O) groups is 3. The number of carboxylic acid groups (broad SMARTS) is 1. The van der Waals surface area contributed by atoms with Crippen LogP contribution in [0, 0.1) is 11.8 Å². The van der Waals surface area contributed by atoms with E-state index in [0.29, 0.717) is 18.5 Å². The third-order valence-electron chi connectivity index (χ3n) is 8.79. The van der Waals surface area contributed by atoms with E-state index < -0.39 is 60.0 Å². The van der Waals surface area contributed by atoms with Gasteiger partial charge in [-0.2, -0.15) is 0 Å². The largest absolute Gasteiger partial charge is 0.481 e. The second kappa shape index (κ2) is 10.7. The van der Waals surface area contributed by atoms with Gasteiger partial charge in [-0.3, -0.25) is 14.4 Å². The maximum atomic E-state index is 14.8. The number of amides is 2. The molecule has 212 valence electrons. The summed E-state index contributed by atoms with van der Waals surface area (Å²) in [6.45, 7) is 3.64. The van der Waals surface area contributed by atoms with Crippen LogP contribution in [0.2, 0.25) is 0 Å². The van der Waals surface area contributed by atoms with E-state index in [4.69, 9.17) is 4.74 Å². The minimum Gasteiger partial charge on any atom is -0.481 e. The number of likely N-dealkylation sites (tertiary alicyclic amines) is 1. The Kier molecular flexibility index (Phi) is 7.21. The van der Waals surface area contributed by atoms with Crippen molar-refractivity contribution >= 4 is 50.2 Å². The van der Waals surface area contributed by atoms with E-state index in [-0.39, 0.29) is 11.4 Å². The number of anilines is 1. The fourth-order valence-electron chi connectivity index (χ4n) is 7.10. The lowest BCUT2D eigenvalue weighted by molar-refractivity contribution is -0.150. The number of benzene rings is 3.